The van der Waals surface area contributed by atoms with Crippen LogP contribution in [-0.4, -0.2) is 12.3 Å². The third-order valence-corrected chi connectivity index (χ3v) is 3.40. The Morgan fingerprint density at radius 2 is 2.00 bits per heavy atom. The Balaban J connectivity index is 1.89. The minimum absolute atomic E-state index is 0.284. The van der Waals surface area contributed by atoms with Gasteiger partial charge in [0.2, 0.25) is 0 Å². The molecule has 2 N–H and O–H groups in total. The van der Waals surface area contributed by atoms with E-state index in [1.54, 1.807) is 23.9 Å². The molecule has 0 atom stereocenters. The van der Waals surface area contributed by atoms with Gasteiger partial charge in [0.1, 0.15) is 5.82 Å². The summed E-state index contributed by atoms with van der Waals surface area (Å²) in [6.45, 7) is 0.284. The van der Waals surface area contributed by atoms with E-state index in [0.29, 0.717) is 0 Å². The summed E-state index contributed by atoms with van der Waals surface area (Å²) in [6.07, 6.45) is 1.98. The van der Waals surface area contributed by atoms with E-state index in [1.807, 2.05) is 30.5 Å². The minimum Gasteiger partial charge on any atom is -0.334 e. The van der Waals surface area contributed by atoms with Gasteiger partial charge in [0.05, 0.1) is 0 Å². The van der Waals surface area contributed by atoms with Crippen molar-refractivity contribution in [3.05, 3.63) is 59.9 Å². The summed E-state index contributed by atoms with van der Waals surface area (Å²) in [5.41, 5.74) is 1.45. The number of urea groups is 1. The van der Waals surface area contributed by atoms with E-state index in [4.69, 9.17) is 0 Å². The van der Waals surface area contributed by atoms with E-state index in [0.717, 1.165) is 16.1 Å². The Labute approximate surface area is 121 Å². The first kappa shape index (κ1) is 14.4. The first-order valence-corrected chi connectivity index (χ1v) is 7.33. The topological polar surface area (TPSA) is 41.1 Å². The lowest BCUT2D eigenvalue weighted by Gasteiger charge is -2.08. The molecular weight excluding hydrogens is 275 g/mol. The zero-order chi connectivity index (χ0) is 14.4. The Morgan fingerprint density at radius 3 is 2.75 bits per heavy atom. The fourth-order valence-corrected chi connectivity index (χ4v) is 2.16. The largest absolute Gasteiger partial charge is 0.334 e. The van der Waals surface area contributed by atoms with Crippen molar-refractivity contribution in [2.45, 2.75) is 11.4 Å². The fraction of sp³-hybridized carbons (Fsp3) is 0.133. The lowest BCUT2D eigenvalue weighted by atomic mass is 10.2. The predicted molar refractivity (Wildman–Crippen MR) is 80.5 cm³/mol. The van der Waals surface area contributed by atoms with Crippen molar-refractivity contribution in [2.75, 3.05) is 11.6 Å². The number of benzene rings is 2. The monoisotopic (exact) mass is 290 g/mol. The molecule has 0 heterocycles. The molecular formula is C15H15FN2OS. The molecule has 20 heavy (non-hydrogen) atoms. The molecule has 2 aromatic rings. The molecule has 0 aliphatic heterocycles. The molecule has 2 rings (SSSR count). The number of anilines is 1. The van der Waals surface area contributed by atoms with Crippen molar-refractivity contribution in [1.82, 2.24) is 5.32 Å². The predicted octanol–water partition coefficient (Wildman–Crippen LogP) is 3.87. The Kier molecular flexibility index (Phi) is 5.01. The zero-order valence-electron chi connectivity index (χ0n) is 11.0. The number of hydrogen-bond donors (Lipinski definition) is 2. The second-order valence-corrected chi connectivity index (χ2v) is 5.05. The van der Waals surface area contributed by atoms with Crippen LogP contribution in [0.25, 0.3) is 0 Å². The number of rotatable bonds is 4. The fourth-order valence-electron chi connectivity index (χ4n) is 1.71. The minimum atomic E-state index is -0.312. The summed E-state index contributed by atoms with van der Waals surface area (Å²) in [4.78, 5) is 12.8. The van der Waals surface area contributed by atoms with Crippen LogP contribution in [-0.2, 0) is 6.54 Å². The number of amides is 2. The highest BCUT2D eigenvalue weighted by Crippen LogP contribution is 2.18. The quantitative estimate of drug-likeness (QED) is 0.839. The highest BCUT2D eigenvalue weighted by molar-refractivity contribution is 7.98. The van der Waals surface area contributed by atoms with Crippen LogP contribution in [0.15, 0.2) is 53.4 Å². The first-order chi connectivity index (χ1) is 9.67. The van der Waals surface area contributed by atoms with Crippen molar-refractivity contribution in [2.24, 2.45) is 0 Å². The number of carbonyl (C=O) groups excluding carboxylic acids is 1. The summed E-state index contributed by atoms with van der Waals surface area (Å²) in [7, 11) is 0. The van der Waals surface area contributed by atoms with Gasteiger partial charge in [-0.15, -0.1) is 11.8 Å². The molecule has 0 saturated heterocycles. The maximum atomic E-state index is 13.0. The maximum absolute atomic E-state index is 13.0. The van der Waals surface area contributed by atoms with Gasteiger partial charge in [0, 0.05) is 17.1 Å². The second kappa shape index (κ2) is 6.96. The summed E-state index contributed by atoms with van der Waals surface area (Å²) < 4.78 is 13.0. The Morgan fingerprint density at radius 1 is 1.20 bits per heavy atom. The van der Waals surface area contributed by atoms with E-state index in [2.05, 4.69) is 10.6 Å². The van der Waals surface area contributed by atoms with Gasteiger partial charge in [-0.25, -0.2) is 9.18 Å². The normalized spacial score (nSPS) is 10.1. The van der Waals surface area contributed by atoms with Gasteiger partial charge in [0.15, 0.2) is 0 Å². The third kappa shape index (κ3) is 4.28. The van der Waals surface area contributed by atoms with Crippen molar-refractivity contribution in [1.29, 1.82) is 0 Å². The number of thioether (sulfide) groups is 1. The summed E-state index contributed by atoms with van der Waals surface area (Å²) in [6, 6.07) is 13.4. The van der Waals surface area contributed by atoms with Crippen LogP contribution >= 0.6 is 11.8 Å². The standard InChI is InChI=1S/C15H15FN2OS/c1-20-14-7-3-6-13(9-14)18-15(19)17-10-11-4-2-5-12(16)8-11/h2-9H,10H2,1H3,(H2,17,18,19). The van der Waals surface area contributed by atoms with Gasteiger partial charge in [-0.2, -0.15) is 0 Å². The highest BCUT2D eigenvalue weighted by Gasteiger charge is 2.03. The number of nitrogens with one attached hydrogen (secondary N) is 2. The average molecular weight is 290 g/mol. The van der Waals surface area contributed by atoms with Crippen molar-refractivity contribution < 1.29 is 9.18 Å². The number of halogens is 1. The number of carbonyl (C=O) groups is 1. The molecule has 0 aliphatic rings. The van der Waals surface area contributed by atoms with Crippen LogP contribution in [0.3, 0.4) is 0 Å². The molecule has 0 spiro atoms. The van der Waals surface area contributed by atoms with Crippen LogP contribution in [0.1, 0.15) is 5.56 Å². The molecule has 0 saturated carbocycles. The van der Waals surface area contributed by atoms with E-state index in [1.165, 1.54) is 12.1 Å². The number of hydrogen-bond acceptors (Lipinski definition) is 2. The Hall–Kier alpha value is -2.01. The maximum Gasteiger partial charge on any atom is 0.319 e. The van der Waals surface area contributed by atoms with Crippen LogP contribution in [0.5, 0.6) is 0 Å². The zero-order valence-corrected chi connectivity index (χ0v) is 11.8. The van der Waals surface area contributed by atoms with Crippen LogP contribution < -0.4 is 10.6 Å². The van der Waals surface area contributed by atoms with Crippen molar-refractivity contribution in [3.8, 4) is 0 Å². The first-order valence-electron chi connectivity index (χ1n) is 6.11. The average Bonchev–Trinajstić information content (AvgIpc) is 2.45. The molecule has 0 aromatic heterocycles. The lowest BCUT2D eigenvalue weighted by molar-refractivity contribution is 0.251. The molecule has 2 aromatic carbocycles. The molecule has 0 unspecified atom stereocenters. The lowest BCUT2D eigenvalue weighted by Crippen LogP contribution is -2.28. The summed E-state index contributed by atoms with van der Waals surface area (Å²) in [5.74, 6) is -0.308. The van der Waals surface area contributed by atoms with Crippen LogP contribution in [0.4, 0.5) is 14.9 Å². The van der Waals surface area contributed by atoms with Crippen molar-refractivity contribution >= 4 is 23.5 Å². The van der Waals surface area contributed by atoms with Gasteiger partial charge in [-0.3, -0.25) is 0 Å². The van der Waals surface area contributed by atoms with Gasteiger partial charge in [-0.1, -0.05) is 18.2 Å². The van der Waals surface area contributed by atoms with E-state index in [-0.39, 0.29) is 18.4 Å². The molecule has 2 amide bonds. The SMILES string of the molecule is CSc1cccc(NC(=O)NCc2cccc(F)c2)c1. The van der Waals surface area contributed by atoms with Crippen molar-refractivity contribution in [3.63, 3.8) is 0 Å². The third-order valence-electron chi connectivity index (χ3n) is 2.67. The van der Waals surface area contributed by atoms with E-state index >= 15 is 0 Å². The molecule has 3 nitrogen and oxygen atoms in total. The molecule has 0 fully saturated rings. The summed E-state index contributed by atoms with van der Waals surface area (Å²) >= 11 is 1.61. The molecule has 5 heteroatoms. The van der Waals surface area contributed by atoms with Crippen LogP contribution in [0, 0.1) is 5.82 Å². The molecule has 0 aliphatic carbocycles. The van der Waals surface area contributed by atoms with E-state index in [9.17, 15) is 9.18 Å². The van der Waals surface area contributed by atoms with Gasteiger partial charge < -0.3 is 10.6 Å². The molecule has 0 radical (unpaired) electrons. The van der Waals surface area contributed by atoms with Crippen LogP contribution in [0.2, 0.25) is 0 Å². The second-order valence-electron chi connectivity index (χ2n) is 4.17. The molecule has 104 valence electrons. The summed E-state index contributed by atoms with van der Waals surface area (Å²) in [5, 5.41) is 5.43. The highest BCUT2D eigenvalue weighted by atomic mass is 32.2. The molecule has 0 bridgehead atoms. The Bertz CT molecular complexity index is 604. The van der Waals surface area contributed by atoms with Gasteiger partial charge >= 0.3 is 6.03 Å². The van der Waals surface area contributed by atoms with Gasteiger partial charge in [0.25, 0.3) is 0 Å². The smallest absolute Gasteiger partial charge is 0.319 e. The van der Waals surface area contributed by atoms with Gasteiger partial charge in [-0.05, 0) is 42.2 Å². The van der Waals surface area contributed by atoms with E-state index < -0.39 is 0 Å².